The number of rotatable bonds is 0. The van der Waals surface area contributed by atoms with Crippen LogP contribution in [0.4, 0.5) is 10.1 Å². The average Bonchev–Trinajstić information content (AvgIpc) is 2.31. The van der Waals surface area contributed by atoms with Crippen LogP contribution in [0.2, 0.25) is 0 Å². The van der Waals surface area contributed by atoms with Gasteiger partial charge in [-0.2, -0.15) is 0 Å². The first-order valence-electron chi connectivity index (χ1n) is 3.30. The summed E-state index contributed by atoms with van der Waals surface area (Å²) in [5, 5.41) is 2.47. The fraction of sp³-hybridized carbons (Fsp3) is 0. The van der Waals surface area contributed by atoms with Gasteiger partial charge in [0.25, 0.3) is 0 Å². The van der Waals surface area contributed by atoms with Crippen LogP contribution in [0.15, 0.2) is 22.0 Å². The Balaban J connectivity index is 2.93. The Morgan fingerprint density at radius 3 is 2.92 bits per heavy atom. The fourth-order valence-electron chi connectivity index (χ4n) is 1.10. The first-order chi connectivity index (χ1) is 5.68. The van der Waals surface area contributed by atoms with Gasteiger partial charge in [-0.15, -0.1) is 11.3 Å². The van der Waals surface area contributed by atoms with Gasteiger partial charge in [0.15, 0.2) is 0 Å². The number of nitrogen functional groups attached to an aromatic ring is 1. The first kappa shape index (κ1) is 8.01. The second-order valence-electron chi connectivity index (χ2n) is 2.46. The molecule has 0 unspecified atom stereocenters. The maximum atomic E-state index is 13.2. The average molecular weight is 246 g/mol. The molecule has 2 aromatic rings. The van der Waals surface area contributed by atoms with Crippen LogP contribution in [0.1, 0.15) is 0 Å². The lowest BCUT2D eigenvalue weighted by Gasteiger charge is -1.95. The van der Waals surface area contributed by atoms with Gasteiger partial charge >= 0.3 is 0 Å². The Morgan fingerprint density at radius 1 is 1.42 bits per heavy atom. The van der Waals surface area contributed by atoms with Crippen LogP contribution in [0.25, 0.3) is 10.1 Å². The summed E-state index contributed by atoms with van der Waals surface area (Å²) in [6.45, 7) is 0. The summed E-state index contributed by atoms with van der Waals surface area (Å²) in [7, 11) is 0. The molecule has 0 saturated heterocycles. The molecular formula is C8H5BrFNS. The van der Waals surface area contributed by atoms with Crippen molar-refractivity contribution < 1.29 is 4.39 Å². The van der Waals surface area contributed by atoms with Gasteiger partial charge in [0.1, 0.15) is 5.82 Å². The third-order valence-corrected chi connectivity index (χ3v) is 3.46. The number of anilines is 1. The molecular weight excluding hydrogens is 241 g/mol. The molecule has 12 heavy (non-hydrogen) atoms. The number of thiophene rings is 1. The Bertz CT molecular complexity index is 438. The van der Waals surface area contributed by atoms with Crippen molar-refractivity contribution in [2.24, 2.45) is 0 Å². The highest BCUT2D eigenvalue weighted by atomic mass is 79.9. The Morgan fingerprint density at radius 2 is 2.17 bits per heavy atom. The van der Waals surface area contributed by atoms with Gasteiger partial charge in [-0.1, -0.05) is 0 Å². The minimum absolute atomic E-state index is 0.266. The van der Waals surface area contributed by atoms with E-state index >= 15 is 0 Å². The summed E-state index contributed by atoms with van der Waals surface area (Å²) in [6.07, 6.45) is 0. The summed E-state index contributed by atoms with van der Waals surface area (Å²) in [4.78, 5) is 0. The zero-order valence-electron chi connectivity index (χ0n) is 5.97. The third kappa shape index (κ3) is 1.11. The van der Waals surface area contributed by atoms with E-state index in [4.69, 9.17) is 5.73 Å². The normalized spacial score (nSPS) is 10.8. The summed E-state index contributed by atoms with van der Waals surface area (Å²) >= 11 is 4.75. The van der Waals surface area contributed by atoms with Crippen molar-refractivity contribution in [3.05, 3.63) is 27.8 Å². The molecule has 1 aromatic heterocycles. The van der Waals surface area contributed by atoms with E-state index in [1.807, 2.05) is 5.38 Å². The zero-order valence-corrected chi connectivity index (χ0v) is 8.38. The zero-order chi connectivity index (χ0) is 8.72. The molecule has 62 valence electrons. The molecule has 0 spiro atoms. The molecule has 1 aromatic carbocycles. The van der Waals surface area contributed by atoms with Gasteiger partial charge in [-0.05, 0) is 28.1 Å². The molecule has 0 saturated carbocycles. The van der Waals surface area contributed by atoms with E-state index in [0.29, 0.717) is 11.1 Å². The highest BCUT2D eigenvalue weighted by molar-refractivity contribution is 9.10. The van der Waals surface area contributed by atoms with Crippen LogP contribution in [0.3, 0.4) is 0 Å². The lowest BCUT2D eigenvalue weighted by atomic mass is 10.2. The van der Waals surface area contributed by atoms with Crippen molar-refractivity contribution in [3.8, 4) is 0 Å². The second kappa shape index (κ2) is 2.71. The van der Waals surface area contributed by atoms with Crippen LogP contribution in [-0.4, -0.2) is 0 Å². The molecule has 0 aliphatic heterocycles. The molecule has 0 fully saturated rings. The SMILES string of the molecule is Nc1cc(F)c2c(Br)csc2c1. The van der Waals surface area contributed by atoms with Crippen molar-refractivity contribution in [2.75, 3.05) is 5.73 Å². The number of hydrogen-bond donors (Lipinski definition) is 1. The molecule has 0 amide bonds. The van der Waals surface area contributed by atoms with Gasteiger partial charge < -0.3 is 5.73 Å². The highest BCUT2D eigenvalue weighted by Crippen LogP contribution is 2.33. The Labute approximate surface area is 81.1 Å². The summed E-state index contributed by atoms with van der Waals surface area (Å²) < 4.78 is 14.9. The molecule has 1 nitrogen and oxygen atoms in total. The van der Waals surface area contributed by atoms with Crippen LogP contribution < -0.4 is 5.73 Å². The van der Waals surface area contributed by atoms with Crippen molar-refractivity contribution in [3.63, 3.8) is 0 Å². The number of fused-ring (bicyclic) bond motifs is 1. The molecule has 0 radical (unpaired) electrons. The predicted octanol–water partition coefficient (Wildman–Crippen LogP) is 3.39. The number of nitrogens with two attached hydrogens (primary N) is 1. The molecule has 2 N–H and O–H groups in total. The van der Waals surface area contributed by atoms with Crippen molar-refractivity contribution >= 4 is 43.0 Å². The first-order valence-corrected chi connectivity index (χ1v) is 4.97. The van der Waals surface area contributed by atoms with Crippen LogP contribution in [0.5, 0.6) is 0 Å². The van der Waals surface area contributed by atoms with E-state index in [1.165, 1.54) is 17.4 Å². The van der Waals surface area contributed by atoms with Gasteiger partial charge in [0.2, 0.25) is 0 Å². The predicted molar refractivity (Wildman–Crippen MR) is 53.9 cm³/mol. The van der Waals surface area contributed by atoms with Gasteiger partial charge in [-0.25, -0.2) is 4.39 Å². The quantitative estimate of drug-likeness (QED) is 0.708. The molecule has 1 heterocycles. The Kier molecular flexibility index (Phi) is 1.81. The lowest BCUT2D eigenvalue weighted by molar-refractivity contribution is 0.640. The fourth-order valence-corrected chi connectivity index (χ4v) is 2.79. The van der Waals surface area contributed by atoms with E-state index in [9.17, 15) is 4.39 Å². The Hall–Kier alpha value is -0.610. The standard InChI is InChI=1S/C8H5BrFNS/c9-5-3-12-7-2-4(11)1-6(10)8(5)7/h1-3H,11H2. The number of halogens is 2. The minimum Gasteiger partial charge on any atom is -0.399 e. The molecule has 0 aliphatic rings. The minimum atomic E-state index is -0.266. The summed E-state index contributed by atoms with van der Waals surface area (Å²) in [5.74, 6) is -0.266. The molecule has 4 heteroatoms. The summed E-state index contributed by atoms with van der Waals surface area (Å²) in [5.41, 5.74) is 5.95. The largest absolute Gasteiger partial charge is 0.399 e. The maximum absolute atomic E-state index is 13.2. The van der Waals surface area contributed by atoms with Crippen LogP contribution >= 0.6 is 27.3 Å². The van der Waals surface area contributed by atoms with Gasteiger partial charge in [0, 0.05) is 25.6 Å². The van der Waals surface area contributed by atoms with Gasteiger partial charge in [0.05, 0.1) is 0 Å². The third-order valence-electron chi connectivity index (χ3n) is 1.60. The van der Waals surface area contributed by atoms with E-state index < -0.39 is 0 Å². The number of hydrogen-bond acceptors (Lipinski definition) is 2. The maximum Gasteiger partial charge on any atom is 0.135 e. The van der Waals surface area contributed by atoms with Crippen molar-refractivity contribution in [1.82, 2.24) is 0 Å². The second-order valence-corrected chi connectivity index (χ2v) is 4.23. The van der Waals surface area contributed by atoms with E-state index in [2.05, 4.69) is 15.9 Å². The monoisotopic (exact) mass is 245 g/mol. The molecule has 0 bridgehead atoms. The van der Waals surface area contributed by atoms with Crippen LogP contribution in [-0.2, 0) is 0 Å². The molecule has 2 rings (SSSR count). The molecule has 0 atom stereocenters. The van der Waals surface area contributed by atoms with E-state index in [-0.39, 0.29) is 5.82 Å². The topological polar surface area (TPSA) is 26.0 Å². The van der Waals surface area contributed by atoms with Crippen molar-refractivity contribution in [1.29, 1.82) is 0 Å². The van der Waals surface area contributed by atoms with Crippen LogP contribution in [0, 0.1) is 5.82 Å². The summed E-state index contributed by atoms with van der Waals surface area (Å²) in [6, 6.07) is 3.10. The highest BCUT2D eigenvalue weighted by Gasteiger charge is 2.07. The van der Waals surface area contributed by atoms with Crippen molar-refractivity contribution in [2.45, 2.75) is 0 Å². The molecule has 0 aliphatic carbocycles. The number of benzene rings is 1. The van der Waals surface area contributed by atoms with E-state index in [0.717, 1.165) is 9.17 Å². The smallest absolute Gasteiger partial charge is 0.135 e. The van der Waals surface area contributed by atoms with Gasteiger partial charge in [-0.3, -0.25) is 0 Å². The van der Waals surface area contributed by atoms with E-state index in [1.54, 1.807) is 6.07 Å². The lowest BCUT2D eigenvalue weighted by Crippen LogP contribution is -1.85.